The summed E-state index contributed by atoms with van der Waals surface area (Å²) in [4.78, 5) is 0. The fraction of sp³-hybridized carbons (Fsp3) is 0.0588. The summed E-state index contributed by atoms with van der Waals surface area (Å²) in [5.74, 6) is 0.907. The van der Waals surface area contributed by atoms with Crippen molar-refractivity contribution in [3.63, 3.8) is 0 Å². The molecule has 3 rings (SSSR count). The summed E-state index contributed by atoms with van der Waals surface area (Å²) in [5.41, 5.74) is 7.28. The Bertz CT molecular complexity index is 888. The summed E-state index contributed by atoms with van der Waals surface area (Å²) in [7, 11) is 0. The van der Waals surface area contributed by atoms with Gasteiger partial charge in [0.15, 0.2) is 5.75 Å². The molecule has 0 saturated heterocycles. The second kappa shape index (κ2) is 8.03. The minimum Gasteiger partial charge on any atom is -0.486 e. The minimum absolute atomic E-state index is 0.0237. The van der Waals surface area contributed by atoms with Gasteiger partial charge in [-0.1, -0.05) is 44.8 Å². The lowest BCUT2D eigenvalue weighted by atomic mass is 10.2. The van der Waals surface area contributed by atoms with Crippen molar-refractivity contribution in [2.24, 2.45) is 0 Å². The summed E-state index contributed by atoms with van der Waals surface area (Å²) in [6.45, 7) is 0.419. The van der Waals surface area contributed by atoms with Crippen molar-refractivity contribution in [3.8, 4) is 5.75 Å². The fourth-order valence-electron chi connectivity index (χ4n) is 2.03. The second-order valence-corrected chi connectivity index (χ2v) is 7.22. The molecule has 0 spiro atoms. The Morgan fingerprint density at radius 3 is 2.52 bits per heavy atom. The zero-order chi connectivity index (χ0) is 17.8. The van der Waals surface area contributed by atoms with Crippen LogP contribution >= 0.6 is 43.5 Å². The number of nitrogen functional groups attached to an aromatic ring is 1. The van der Waals surface area contributed by atoms with E-state index in [2.05, 4.69) is 42.1 Å². The van der Waals surface area contributed by atoms with E-state index in [-0.39, 0.29) is 6.01 Å². The average molecular weight is 486 g/mol. The SMILES string of the molecule is Nc1nnc(/C=C/c2cc(Cl)c(OCc3ccc(Br)cc3)c(Br)c2)o1. The molecule has 0 amide bonds. The predicted octanol–water partition coefficient (Wildman–Crippen LogP) is 5.58. The summed E-state index contributed by atoms with van der Waals surface area (Å²) in [5, 5.41) is 7.85. The highest BCUT2D eigenvalue weighted by molar-refractivity contribution is 9.10. The predicted molar refractivity (Wildman–Crippen MR) is 105 cm³/mol. The Morgan fingerprint density at radius 2 is 1.88 bits per heavy atom. The van der Waals surface area contributed by atoms with Crippen molar-refractivity contribution < 1.29 is 9.15 Å². The molecule has 1 heterocycles. The Morgan fingerprint density at radius 1 is 1.12 bits per heavy atom. The quantitative estimate of drug-likeness (QED) is 0.511. The number of nitrogens with zero attached hydrogens (tertiary/aromatic N) is 2. The van der Waals surface area contributed by atoms with Crippen LogP contribution in [0.25, 0.3) is 12.2 Å². The molecule has 0 bridgehead atoms. The number of hydrogen-bond donors (Lipinski definition) is 1. The molecule has 0 unspecified atom stereocenters. The van der Waals surface area contributed by atoms with Crippen LogP contribution < -0.4 is 10.5 Å². The first kappa shape index (κ1) is 18.0. The molecule has 0 aliphatic carbocycles. The van der Waals surface area contributed by atoms with E-state index in [0.29, 0.717) is 23.3 Å². The van der Waals surface area contributed by atoms with E-state index < -0.39 is 0 Å². The number of ether oxygens (including phenoxy) is 1. The number of anilines is 1. The van der Waals surface area contributed by atoms with Crippen LogP contribution in [0.5, 0.6) is 5.75 Å². The Labute approximate surface area is 166 Å². The highest BCUT2D eigenvalue weighted by atomic mass is 79.9. The fourth-order valence-corrected chi connectivity index (χ4v) is 3.28. The highest BCUT2D eigenvalue weighted by Gasteiger charge is 2.09. The van der Waals surface area contributed by atoms with E-state index in [9.17, 15) is 0 Å². The molecule has 0 aliphatic heterocycles. The number of halogens is 3. The van der Waals surface area contributed by atoms with Crippen LogP contribution in [0.4, 0.5) is 6.01 Å². The molecule has 8 heteroatoms. The molecular formula is C17H12Br2ClN3O2. The van der Waals surface area contributed by atoms with Gasteiger partial charge in [0.2, 0.25) is 5.89 Å². The van der Waals surface area contributed by atoms with E-state index in [1.54, 1.807) is 18.2 Å². The lowest BCUT2D eigenvalue weighted by Gasteiger charge is -2.11. The number of aromatic nitrogens is 2. The number of benzene rings is 2. The minimum atomic E-state index is 0.0237. The van der Waals surface area contributed by atoms with Crippen LogP contribution in [0.1, 0.15) is 17.0 Å². The molecule has 1 aromatic heterocycles. The largest absolute Gasteiger partial charge is 0.486 e. The normalized spacial score (nSPS) is 11.2. The Hall–Kier alpha value is -1.83. The third-order valence-electron chi connectivity index (χ3n) is 3.19. The highest BCUT2D eigenvalue weighted by Crippen LogP contribution is 2.35. The molecular weight excluding hydrogens is 473 g/mol. The van der Waals surface area contributed by atoms with Gasteiger partial charge >= 0.3 is 6.01 Å². The molecule has 2 aromatic carbocycles. The van der Waals surface area contributed by atoms with E-state index >= 15 is 0 Å². The molecule has 3 aromatic rings. The zero-order valence-electron chi connectivity index (χ0n) is 12.7. The third kappa shape index (κ3) is 4.84. The topological polar surface area (TPSA) is 74.2 Å². The van der Waals surface area contributed by atoms with E-state index in [0.717, 1.165) is 20.1 Å². The lowest BCUT2D eigenvalue weighted by Crippen LogP contribution is -1.97. The van der Waals surface area contributed by atoms with Crippen LogP contribution in [0.3, 0.4) is 0 Å². The van der Waals surface area contributed by atoms with Crippen LogP contribution in [-0.2, 0) is 6.61 Å². The van der Waals surface area contributed by atoms with Gasteiger partial charge in [0.05, 0.1) is 9.50 Å². The summed E-state index contributed by atoms with van der Waals surface area (Å²) in [6, 6.07) is 11.6. The van der Waals surface area contributed by atoms with Crippen LogP contribution in [0, 0.1) is 0 Å². The van der Waals surface area contributed by atoms with Gasteiger partial charge in [0.1, 0.15) is 6.61 Å². The molecule has 128 valence electrons. The van der Waals surface area contributed by atoms with E-state index in [1.165, 1.54) is 0 Å². The van der Waals surface area contributed by atoms with Crippen molar-refractivity contribution >= 4 is 61.6 Å². The van der Waals surface area contributed by atoms with Gasteiger partial charge in [0.25, 0.3) is 0 Å². The molecule has 25 heavy (non-hydrogen) atoms. The van der Waals surface area contributed by atoms with Gasteiger partial charge in [-0.2, -0.15) is 0 Å². The van der Waals surface area contributed by atoms with E-state index in [4.69, 9.17) is 26.5 Å². The maximum absolute atomic E-state index is 6.34. The molecule has 0 radical (unpaired) electrons. The number of hydrogen-bond acceptors (Lipinski definition) is 5. The molecule has 2 N–H and O–H groups in total. The first-order valence-corrected chi connectivity index (χ1v) is 9.11. The van der Waals surface area contributed by atoms with Gasteiger partial charge in [-0.15, -0.1) is 5.10 Å². The van der Waals surface area contributed by atoms with Crippen molar-refractivity contribution in [2.45, 2.75) is 6.61 Å². The smallest absolute Gasteiger partial charge is 0.313 e. The van der Waals surface area contributed by atoms with Gasteiger partial charge in [-0.05, 0) is 57.4 Å². The maximum Gasteiger partial charge on any atom is 0.313 e. The summed E-state index contributed by atoms with van der Waals surface area (Å²) < 4.78 is 12.7. The monoisotopic (exact) mass is 483 g/mol. The number of rotatable bonds is 5. The summed E-state index contributed by atoms with van der Waals surface area (Å²) >= 11 is 13.2. The summed E-state index contributed by atoms with van der Waals surface area (Å²) in [6.07, 6.45) is 3.45. The van der Waals surface area contributed by atoms with Gasteiger partial charge in [-0.25, -0.2) is 0 Å². The van der Waals surface area contributed by atoms with Crippen LogP contribution in [-0.4, -0.2) is 10.2 Å². The molecule has 0 atom stereocenters. The first-order valence-electron chi connectivity index (χ1n) is 7.14. The first-order chi connectivity index (χ1) is 12.0. The molecule has 0 fully saturated rings. The molecule has 0 aliphatic rings. The Kier molecular flexibility index (Phi) is 5.78. The standard InChI is InChI=1S/C17H12Br2ClN3O2/c18-12-4-1-10(2-5-12)9-24-16-13(19)7-11(8-14(16)20)3-6-15-22-23-17(21)25-15/h1-8H,9H2,(H2,21,23)/b6-3+. The molecule has 5 nitrogen and oxygen atoms in total. The zero-order valence-corrected chi connectivity index (χ0v) is 16.7. The lowest BCUT2D eigenvalue weighted by molar-refractivity contribution is 0.304. The van der Waals surface area contributed by atoms with Crippen LogP contribution in [0.15, 0.2) is 49.8 Å². The average Bonchev–Trinajstić information content (AvgIpc) is 2.99. The van der Waals surface area contributed by atoms with Gasteiger partial charge in [0, 0.05) is 10.5 Å². The van der Waals surface area contributed by atoms with Crippen molar-refractivity contribution in [1.82, 2.24) is 10.2 Å². The van der Waals surface area contributed by atoms with Crippen LogP contribution in [0.2, 0.25) is 5.02 Å². The van der Waals surface area contributed by atoms with Gasteiger partial charge < -0.3 is 14.9 Å². The maximum atomic E-state index is 6.34. The Balaban J connectivity index is 1.73. The van der Waals surface area contributed by atoms with Crippen molar-refractivity contribution in [1.29, 1.82) is 0 Å². The molecule has 0 saturated carbocycles. The van der Waals surface area contributed by atoms with Crippen molar-refractivity contribution in [2.75, 3.05) is 5.73 Å². The van der Waals surface area contributed by atoms with Gasteiger partial charge in [-0.3, -0.25) is 0 Å². The van der Waals surface area contributed by atoms with E-state index in [1.807, 2.05) is 30.3 Å². The van der Waals surface area contributed by atoms with Crippen molar-refractivity contribution in [3.05, 3.63) is 67.4 Å². The number of nitrogens with two attached hydrogens (primary N) is 1. The second-order valence-electron chi connectivity index (χ2n) is 5.04. The third-order valence-corrected chi connectivity index (χ3v) is 4.59.